The second-order valence-electron chi connectivity index (χ2n) is 3.59. The molecule has 0 bridgehead atoms. The highest BCUT2D eigenvalue weighted by Crippen LogP contribution is 2.44. The number of piperidine rings is 1. The van der Waals surface area contributed by atoms with Gasteiger partial charge in [0.15, 0.2) is 0 Å². The van der Waals surface area contributed by atoms with Gasteiger partial charge in [-0.3, -0.25) is 9.59 Å². The van der Waals surface area contributed by atoms with Gasteiger partial charge in [0.05, 0.1) is 0 Å². The molecule has 0 aromatic heterocycles. The standard InChI is InChI=1S/C9H11NO3/c11-7-3-5-9(8(12)13)4-1-2-6(9)10-7/h2H,1,3-5H2,(H,10,11)(H,12,13)/t9-/m1/s1. The highest BCUT2D eigenvalue weighted by Gasteiger charge is 2.47. The van der Waals surface area contributed by atoms with Gasteiger partial charge < -0.3 is 10.4 Å². The van der Waals surface area contributed by atoms with Crippen molar-refractivity contribution in [2.24, 2.45) is 5.41 Å². The van der Waals surface area contributed by atoms with Crippen LogP contribution in [0.15, 0.2) is 11.8 Å². The molecule has 0 aromatic carbocycles. The zero-order chi connectivity index (χ0) is 9.47. The van der Waals surface area contributed by atoms with E-state index in [1.165, 1.54) is 0 Å². The Morgan fingerprint density at radius 1 is 1.54 bits per heavy atom. The van der Waals surface area contributed by atoms with Gasteiger partial charge in [-0.15, -0.1) is 0 Å². The van der Waals surface area contributed by atoms with Crippen LogP contribution in [0.4, 0.5) is 0 Å². The summed E-state index contributed by atoms with van der Waals surface area (Å²) < 4.78 is 0. The SMILES string of the molecule is O=C1CC[C@]2(C(=O)O)CCC=C2N1. The number of carboxylic acid groups (broad SMARTS) is 1. The van der Waals surface area contributed by atoms with Crippen LogP contribution in [0, 0.1) is 5.41 Å². The van der Waals surface area contributed by atoms with Gasteiger partial charge in [0.2, 0.25) is 5.91 Å². The lowest BCUT2D eigenvalue weighted by Gasteiger charge is -2.31. The first kappa shape index (κ1) is 8.29. The van der Waals surface area contributed by atoms with Crippen LogP contribution in [-0.4, -0.2) is 17.0 Å². The van der Waals surface area contributed by atoms with E-state index >= 15 is 0 Å². The van der Waals surface area contributed by atoms with Crippen LogP contribution in [0.1, 0.15) is 25.7 Å². The highest BCUT2D eigenvalue weighted by atomic mass is 16.4. The lowest BCUT2D eigenvalue weighted by molar-refractivity contribution is -0.148. The number of nitrogens with one attached hydrogen (secondary N) is 1. The maximum atomic E-state index is 11.1. The molecule has 0 radical (unpaired) electrons. The molecule has 2 rings (SSSR count). The van der Waals surface area contributed by atoms with E-state index in [1.54, 1.807) is 0 Å². The summed E-state index contributed by atoms with van der Waals surface area (Å²) in [4.78, 5) is 22.1. The fourth-order valence-electron chi connectivity index (χ4n) is 2.09. The van der Waals surface area contributed by atoms with Crippen LogP contribution in [-0.2, 0) is 9.59 Å². The number of amides is 1. The van der Waals surface area contributed by atoms with Crippen LogP contribution >= 0.6 is 0 Å². The quantitative estimate of drug-likeness (QED) is 0.624. The van der Waals surface area contributed by atoms with Gasteiger partial charge in [0.1, 0.15) is 5.41 Å². The van der Waals surface area contributed by atoms with E-state index in [9.17, 15) is 9.59 Å². The third-order valence-electron chi connectivity index (χ3n) is 2.90. The van der Waals surface area contributed by atoms with Gasteiger partial charge in [-0.2, -0.15) is 0 Å². The molecule has 1 aliphatic carbocycles. The molecule has 2 aliphatic rings. The summed E-state index contributed by atoms with van der Waals surface area (Å²) in [5.74, 6) is -0.874. The Balaban J connectivity index is 2.33. The minimum Gasteiger partial charge on any atom is -0.481 e. The number of hydrogen-bond donors (Lipinski definition) is 2. The topological polar surface area (TPSA) is 66.4 Å². The molecule has 13 heavy (non-hydrogen) atoms. The lowest BCUT2D eigenvalue weighted by atomic mass is 9.78. The smallest absolute Gasteiger partial charge is 0.315 e. The van der Waals surface area contributed by atoms with Crippen molar-refractivity contribution in [2.45, 2.75) is 25.7 Å². The number of rotatable bonds is 1. The zero-order valence-electron chi connectivity index (χ0n) is 7.17. The van der Waals surface area contributed by atoms with E-state index in [0.29, 0.717) is 25.0 Å². The number of aliphatic carboxylic acids is 1. The third kappa shape index (κ3) is 1.05. The van der Waals surface area contributed by atoms with Gasteiger partial charge >= 0.3 is 5.97 Å². The Kier molecular flexibility index (Phi) is 1.65. The number of carbonyl (C=O) groups is 2. The summed E-state index contributed by atoms with van der Waals surface area (Å²) >= 11 is 0. The van der Waals surface area contributed by atoms with Crippen molar-refractivity contribution >= 4 is 11.9 Å². The minimum atomic E-state index is -0.809. The fraction of sp³-hybridized carbons (Fsp3) is 0.556. The number of hydrogen-bond acceptors (Lipinski definition) is 2. The van der Waals surface area contributed by atoms with Crippen molar-refractivity contribution in [3.63, 3.8) is 0 Å². The Labute approximate surface area is 75.6 Å². The molecule has 0 spiro atoms. The predicted octanol–water partition coefficient (Wildman–Crippen LogP) is 0.645. The molecule has 1 amide bonds. The molecule has 1 fully saturated rings. The van der Waals surface area contributed by atoms with E-state index in [1.807, 2.05) is 6.08 Å². The Morgan fingerprint density at radius 2 is 2.31 bits per heavy atom. The van der Waals surface area contributed by atoms with Crippen molar-refractivity contribution in [3.8, 4) is 0 Å². The van der Waals surface area contributed by atoms with Crippen molar-refractivity contribution < 1.29 is 14.7 Å². The molecule has 70 valence electrons. The first-order chi connectivity index (χ1) is 6.15. The molecular weight excluding hydrogens is 170 g/mol. The molecular formula is C9H11NO3. The summed E-state index contributed by atoms with van der Waals surface area (Å²) in [7, 11) is 0. The average molecular weight is 181 g/mol. The molecule has 2 N–H and O–H groups in total. The number of allylic oxidation sites excluding steroid dienone is 1. The first-order valence-corrected chi connectivity index (χ1v) is 4.39. The summed E-state index contributed by atoms with van der Waals surface area (Å²) in [5, 5.41) is 11.7. The first-order valence-electron chi connectivity index (χ1n) is 4.39. The van der Waals surface area contributed by atoms with Gasteiger partial charge in [0.25, 0.3) is 0 Å². The van der Waals surface area contributed by atoms with Gasteiger partial charge in [0, 0.05) is 12.1 Å². The number of fused-ring (bicyclic) bond motifs is 1. The Hall–Kier alpha value is -1.32. The van der Waals surface area contributed by atoms with Gasteiger partial charge in [-0.25, -0.2) is 0 Å². The molecule has 1 aliphatic heterocycles. The second kappa shape index (κ2) is 2.58. The Morgan fingerprint density at radius 3 is 3.00 bits per heavy atom. The molecule has 1 atom stereocenters. The highest BCUT2D eigenvalue weighted by molar-refractivity contribution is 5.87. The van der Waals surface area contributed by atoms with E-state index in [2.05, 4.69) is 5.32 Å². The fourth-order valence-corrected chi connectivity index (χ4v) is 2.09. The maximum absolute atomic E-state index is 11.1. The third-order valence-corrected chi connectivity index (χ3v) is 2.90. The number of carbonyl (C=O) groups excluding carboxylic acids is 1. The average Bonchev–Trinajstić information content (AvgIpc) is 2.48. The van der Waals surface area contributed by atoms with Crippen molar-refractivity contribution in [1.82, 2.24) is 5.32 Å². The molecule has 4 nitrogen and oxygen atoms in total. The maximum Gasteiger partial charge on any atom is 0.315 e. The summed E-state index contributed by atoms with van der Waals surface area (Å²) in [6, 6.07) is 0. The van der Waals surface area contributed by atoms with Gasteiger partial charge in [-0.1, -0.05) is 6.08 Å². The van der Waals surface area contributed by atoms with E-state index in [4.69, 9.17) is 5.11 Å². The summed E-state index contributed by atoms with van der Waals surface area (Å²) in [6.45, 7) is 0. The molecule has 1 saturated heterocycles. The van der Waals surface area contributed by atoms with Crippen molar-refractivity contribution in [2.75, 3.05) is 0 Å². The van der Waals surface area contributed by atoms with Crippen molar-refractivity contribution in [3.05, 3.63) is 11.8 Å². The van der Waals surface area contributed by atoms with Crippen LogP contribution in [0.2, 0.25) is 0 Å². The van der Waals surface area contributed by atoms with Crippen LogP contribution in [0.5, 0.6) is 0 Å². The minimum absolute atomic E-state index is 0.0648. The molecule has 4 heteroatoms. The zero-order valence-corrected chi connectivity index (χ0v) is 7.17. The molecule has 0 unspecified atom stereocenters. The van der Waals surface area contributed by atoms with E-state index < -0.39 is 11.4 Å². The van der Waals surface area contributed by atoms with Gasteiger partial charge in [-0.05, 0) is 19.3 Å². The molecule has 1 heterocycles. The largest absolute Gasteiger partial charge is 0.481 e. The van der Waals surface area contributed by atoms with Crippen molar-refractivity contribution in [1.29, 1.82) is 0 Å². The molecule has 0 saturated carbocycles. The molecule has 0 aromatic rings. The summed E-state index contributed by atoms with van der Waals surface area (Å²) in [6.07, 6.45) is 3.97. The lowest BCUT2D eigenvalue weighted by Crippen LogP contribution is -2.43. The number of carboxylic acids is 1. The summed E-state index contributed by atoms with van der Waals surface area (Å²) in [5.41, 5.74) is -0.176. The van der Waals surface area contributed by atoms with E-state index in [0.717, 1.165) is 6.42 Å². The Bertz CT molecular complexity index is 308. The second-order valence-corrected chi connectivity index (χ2v) is 3.59. The van der Waals surface area contributed by atoms with Crippen LogP contribution < -0.4 is 5.32 Å². The predicted molar refractivity (Wildman–Crippen MR) is 44.8 cm³/mol. The monoisotopic (exact) mass is 181 g/mol. The van der Waals surface area contributed by atoms with E-state index in [-0.39, 0.29) is 5.91 Å². The van der Waals surface area contributed by atoms with Crippen LogP contribution in [0.3, 0.4) is 0 Å². The van der Waals surface area contributed by atoms with Crippen LogP contribution in [0.25, 0.3) is 0 Å². The normalized spacial score (nSPS) is 32.0.